The molecule has 0 bridgehead atoms. The summed E-state index contributed by atoms with van der Waals surface area (Å²) in [5, 5.41) is 9.57. The summed E-state index contributed by atoms with van der Waals surface area (Å²) in [4.78, 5) is 11.1. The van der Waals surface area contributed by atoms with Crippen LogP contribution in [0.3, 0.4) is 0 Å². The predicted octanol–water partition coefficient (Wildman–Crippen LogP) is 7.24. The minimum absolute atomic E-state index is 0.00216. The van der Waals surface area contributed by atoms with Crippen LogP contribution in [0.4, 0.5) is 0 Å². The van der Waals surface area contributed by atoms with Crippen molar-refractivity contribution in [1.29, 1.82) is 0 Å². The van der Waals surface area contributed by atoms with Gasteiger partial charge in [-0.3, -0.25) is 4.79 Å². The van der Waals surface area contributed by atoms with Crippen molar-refractivity contribution in [2.75, 3.05) is 6.54 Å². The molecular formula is C31H36ClNO4S. The summed E-state index contributed by atoms with van der Waals surface area (Å²) in [6.45, 7) is 6.70. The number of allylic oxidation sites excluding steroid dienone is 1. The Balaban J connectivity index is 1.66. The highest BCUT2D eigenvalue weighted by Crippen LogP contribution is 2.28. The van der Waals surface area contributed by atoms with Crippen LogP contribution in [0, 0.1) is 0 Å². The van der Waals surface area contributed by atoms with E-state index < -0.39 is 16.0 Å². The van der Waals surface area contributed by atoms with Crippen molar-refractivity contribution in [2.45, 2.75) is 63.2 Å². The molecule has 0 aromatic heterocycles. The molecule has 0 saturated carbocycles. The third kappa shape index (κ3) is 8.29. The summed E-state index contributed by atoms with van der Waals surface area (Å²) in [5.41, 5.74) is 5.06. The number of benzene rings is 3. The van der Waals surface area contributed by atoms with Crippen molar-refractivity contribution >= 4 is 33.2 Å². The number of hydrogen-bond acceptors (Lipinski definition) is 3. The molecule has 0 saturated heterocycles. The van der Waals surface area contributed by atoms with Crippen molar-refractivity contribution in [2.24, 2.45) is 0 Å². The first-order valence-electron chi connectivity index (χ1n) is 12.9. The number of aliphatic carboxylic acids is 1. The molecule has 3 aromatic rings. The van der Waals surface area contributed by atoms with E-state index in [1.807, 2.05) is 66.7 Å². The number of carbonyl (C=O) groups is 1. The number of rotatable bonds is 13. The second-order valence-corrected chi connectivity index (χ2v) is 12.2. The standard InChI is InChI=1S/C31H36ClNO4S/c1-4-31(2,3)26-16-18-28(19-17-26)38(36,37)33-21-20-23-12-14-24(15-13-23)29(10-5-6-11-30(34)35)25-8-7-9-27(32)22-25/h7-10,12-19,22,33H,4-6,11,20-21H2,1-3H3,(H,34,35)/b29-10-. The lowest BCUT2D eigenvalue weighted by molar-refractivity contribution is -0.137. The summed E-state index contributed by atoms with van der Waals surface area (Å²) in [6, 6.07) is 22.7. The van der Waals surface area contributed by atoms with Crippen LogP contribution in [0.2, 0.25) is 5.02 Å². The first kappa shape index (κ1) is 29.6. The number of unbranched alkanes of at least 4 members (excludes halogenated alkanes) is 1. The average Bonchev–Trinajstić information content (AvgIpc) is 2.89. The molecule has 0 aliphatic rings. The van der Waals surface area contributed by atoms with Crippen molar-refractivity contribution in [3.05, 3.63) is 106 Å². The van der Waals surface area contributed by atoms with E-state index >= 15 is 0 Å². The van der Waals surface area contributed by atoms with Gasteiger partial charge in [0.05, 0.1) is 4.90 Å². The molecule has 0 atom stereocenters. The number of carboxylic acids is 1. The smallest absolute Gasteiger partial charge is 0.303 e. The van der Waals surface area contributed by atoms with E-state index in [0.717, 1.165) is 34.2 Å². The first-order valence-corrected chi connectivity index (χ1v) is 14.8. The average molecular weight is 554 g/mol. The minimum atomic E-state index is -3.59. The maximum Gasteiger partial charge on any atom is 0.303 e. The Hall–Kier alpha value is -2.93. The summed E-state index contributed by atoms with van der Waals surface area (Å²) in [7, 11) is -3.59. The molecule has 3 aromatic carbocycles. The van der Waals surface area contributed by atoms with Crippen LogP contribution < -0.4 is 4.72 Å². The molecule has 202 valence electrons. The lowest BCUT2D eigenvalue weighted by atomic mass is 9.82. The Bertz CT molecular complexity index is 1360. The molecule has 0 spiro atoms. The number of nitrogens with one attached hydrogen (secondary N) is 1. The zero-order valence-corrected chi connectivity index (χ0v) is 23.8. The fourth-order valence-electron chi connectivity index (χ4n) is 4.11. The molecule has 0 radical (unpaired) electrons. The van der Waals surface area contributed by atoms with E-state index in [9.17, 15) is 13.2 Å². The third-order valence-electron chi connectivity index (χ3n) is 6.88. The van der Waals surface area contributed by atoms with E-state index in [4.69, 9.17) is 16.7 Å². The zero-order chi connectivity index (χ0) is 27.8. The van der Waals surface area contributed by atoms with Crippen LogP contribution in [0.1, 0.15) is 68.7 Å². The molecule has 3 rings (SSSR count). The van der Waals surface area contributed by atoms with Gasteiger partial charge in [-0.25, -0.2) is 13.1 Å². The Kier molecular flexibility index (Phi) is 10.3. The Morgan fingerprint density at radius 3 is 2.29 bits per heavy atom. The number of carboxylic acid groups (broad SMARTS) is 1. The first-order chi connectivity index (χ1) is 18.0. The number of halogens is 1. The van der Waals surface area contributed by atoms with Crippen LogP contribution in [0.25, 0.3) is 5.57 Å². The van der Waals surface area contributed by atoms with Gasteiger partial charge in [0.15, 0.2) is 0 Å². The molecule has 0 heterocycles. The second-order valence-electron chi connectivity index (χ2n) is 10.0. The van der Waals surface area contributed by atoms with Gasteiger partial charge in [0.1, 0.15) is 0 Å². The normalized spacial score (nSPS) is 12.5. The van der Waals surface area contributed by atoms with E-state index in [-0.39, 0.29) is 23.3 Å². The Morgan fingerprint density at radius 2 is 1.68 bits per heavy atom. The molecule has 7 heteroatoms. The van der Waals surface area contributed by atoms with E-state index in [1.165, 1.54) is 0 Å². The van der Waals surface area contributed by atoms with Gasteiger partial charge in [0, 0.05) is 18.0 Å². The van der Waals surface area contributed by atoms with Crippen LogP contribution >= 0.6 is 11.6 Å². The number of sulfonamides is 1. The summed E-state index contributed by atoms with van der Waals surface area (Å²) in [5.74, 6) is -0.805. The molecule has 2 N–H and O–H groups in total. The lowest BCUT2D eigenvalue weighted by Crippen LogP contribution is -2.26. The molecule has 0 fully saturated rings. The fraction of sp³-hybridized carbons (Fsp3) is 0.323. The highest BCUT2D eigenvalue weighted by molar-refractivity contribution is 7.89. The van der Waals surface area contributed by atoms with Gasteiger partial charge >= 0.3 is 5.97 Å². The van der Waals surface area contributed by atoms with Crippen LogP contribution in [-0.4, -0.2) is 26.0 Å². The largest absolute Gasteiger partial charge is 0.481 e. The molecule has 0 unspecified atom stereocenters. The third-order valence-corrected chi connectivity index (χ3v) is 8.59. The van der Waals surface area contributed by atoms with Crippen molar-refractivity contribution in [3.8, 4) is 0 Å². The van der Waals surface area contributed by atoms with E-state index in [1.54, 1.807) is 12.1 Å². The van der Waals surface area contributed by atoms with Gasteiger partial charge in [0.25, 0.3) is 0 Å². The Morgan fingerprint density at radius 1 is 1.00 bits per heavy atom. The van der Waals surface area contributed by atoms with E-state index in [0.29, 0.717) is 24.3 Å². The molecule has 0 aliphatic heterocycles. The van der Waals surface area contributed by atoms with Gasteiger partial charge < -0.3 is 5.11 Å². The van der Waals surface area contributed by atoms with Crippen LogP contribution in [-0.2, 0) is 26.7 Å². The predicted molar refractivity (Wildman–Crippen MR) is 155 cm³/mol. The SMILES string of the molecule is CCC(C)(C)c1ccc(S(=O)(=O)NCCc2ccc(/C(=C/CCCC(=O)O)c3cccc(Cl)c3)cc2)cc1. The van der Waals surface area contributed by atoms with Crippen LogP contribution in [0.15, 0.2) is 83.8 Å². The van der Waals surface area contributed by atoms with Gasteiger partial charge in [-0.2, -0.15) is 0 Å². The molecule has 38 heavy (non-hydrogen) atoms. The fourth-order valence-corrected chi connectivity index (χ4v) is 5.33. The maximum atomic E-state index is 12.8. The summed E-state index contributed by atoms with van der Waals surface area (Å²) >= 11 is 6.22. The number of hydrogen-bond donors (Lipinski definition) is 2. The van der Waals surface area contributed by atoms with E-state index in [2.05, 4.69) is 25.5 Å². The molecule has 0 aliphatic carbocycles. The van der Waals surface area contributed by atoms with Gasteiger partial charge in [-0.05, 0) is 83.2 Å². The quantitative estimate of drug-likeness (QED) is 0.219. The Labute approximate surface area is 231 Å². The lowest BCUT2D eigenvalue weighted by Gasteiger charge is -2.23. The van der Waals surface area contributed by atoms with Gasteiger partial charge in [0.2, 0.25) is 10.0 Å². The summed E-state index contributed by atoms with van der Waals surface area (Å²) < 4.78 is 28.3. The summed E-state index contributed by atoms with van der Waals surface area (Å²) in [6.07, 6.45) is 4.87. The van der Waals surface area contributed by atoms with Gasteiger partial charge in [-0.1, -0.05) is 87.0 Å². The molecule has 5 nitrogen and oxygen atoms in total. The maximum absolute atomic E-state index is 12.8. The highest BCUT2D eigenvalue weighted by Gasteiger charge is 2.20. The zero-order valence-electron chi connectivity index (χ0n) is 22.2. The van der Waals surface area contributed by atoms with Crippen molar-refractivity contribution in [3.63, 3.8) is 0 Å². The topological polar surface area (TPSA) is 83.5 Å². The van der Waals surface area contributed by atoms with Crippen molar-refractivity contribution in [1.82, 2.24) is 4.72 Å². The molecular weight excluding hydrogens is 518 g/mol. The monoisotopic (exact) mass is 553 g/mol. The van der Waals surface area contributed by atoms with Crippen molar-refractivity contribution < 1.29 is 18.3 Å². The highest BCUT2D eigenvalue weighted by atomic mass is 35.5. The second kappa shape index (κ2) is 13.2. The minimum Gasteiger partial charge on any atom is -0.481 e. The molecule has 0 amide bonds. The van der Waals surface area contributed by atoms with Crippen LogP contribution in [0.5, 0.6) is 0 Å². The van der Waals surface area contributed by atoms with Gasteiger partial charge in [-0.15, -0.1) is 0 Å².